The molecule has 1 N–H and O–H groups in total. The quantitative estimate of drug-likeness (QED) is 0.776. The number of aliphatic hydroxyl groups is 1. The van der Waals surface area contributed by atoms with Gasteiger partial charge in [0, 0.05) is 25.5 Å². The molecule has 2 atom stereocenters. The molecule has 2 rings (SSSR count). The monoisotopic (exact) mass is 267 g/mol. The summed E-state index contributed by atoms with van der Waals surface area (Å²) in [5.41, 5.74) is 0. The van der Waals surface area contributed by atoms with E-state index in [0.29, 0.717) is 6.42 Å². The molecular formula is C13H21N3O3. The molecule has 0 spiro atoms. The number of esters is 1. The van der Waals surface area contributed by atoms with Gasteiger partial charge in [-0.2, -0.15) is 0 Å². The highest BCUT2D eigenvalue weighted by atomic mass is 16.5. The molecule has 1 saturated heterocycles. The molecule has 0 saturated carbocycles. The number of aliphatic hydroxyl groups excluding tert-OH is 1. The Morgan fingerprint density at radius 1 is 1.53 bits per heavy atom. The predicted molar refractivity (Wildman–Crippen MR) is 69.5 cm³/mol. The zero-order valence-corrected chi connectivity index (χ0v) is 11.2. The summed E-state index contributed by atoms with van der Waals surface area (Å²) in [6.07, 6.45) is 7.33. The van der Waals surface area contributed by atoms with Crippen LogP contribution in [0.2, 0.25) is 0 Å². The van der Waals surface area contributed by atoms with Crippen molar-refractivity contribution in [3.8, 4) is 0 Å². The van der Waals surface area contributed by atoms with Gasteiger partial charge in [0.1, 0.15) is 6.04 Å². The minimum absolute atomic E-state index is 0.338. The molecule has 1 aromatic rings. The van der Waals surface area contributed by atoms with Gasteiger partial charge in [-0.15, -0.1) is 0 Å². The van der Waals surface area contributed by atoms with E-state index in [4.69, 9.17) is 4.74 Å². The van der Waals surface area contributed by atoms with E-state index < -0.39 is 12.1 Å². The molecule has 6 nitrogen and oxygen atoms in total. The highest BCUT2D eigenvalue weighted by Gasteiger charge is 2.36. The van der Waals surface area contributed by atoms with E-state index in [2.05, 4.69) is 4.98 Å². The van der Waals surface area contributed by atoms with Crippen LogP contribution in [0.4, 0.5) is 0 Å². The molecule has 1 aliphatic heterocycles. The minimum Gasteiger partial charge on any atom is -0.468 e. The van der Waals surface area contributed by atoms with Gasteiger partial charge in [-0.1, -0.05) is 0 Å². The standard InChI is InChI=1S/C13H21N3O3/c1-19-13(18)12-11(17)4-2-7-16(12)8-3-6-15-9-5-14-10-15/h5,9-12,17H,2-4,6-8H2,1H3/t11-,12-/m1/s1. The summed E-state index contributed by atoms with van der Waals surface area (Å²) >= 11 is 0. The fourth-order valence-corrected chi connectivity index (χ4v) is 2.60. The van der Waals surface area contributed by atoms with Crippen LogP contribution in [0, 0.1) is 0 Å². The Balaban J connectivity index is 1.87. The van der Waals surface area contributed by atoms with Crippen LogP contribution in [-0.4, -0.2) is 57.9 Å². The van der Waals surface area contributed by atoms with Crippen LogP contribution in [0.5, 0.6) is 0 Å². The third kappa shape index (κ3) is 3.54. The maximum atomic E-state index is 11.7. The van der Waals surface area contributed by atoms with Crippen molar-refractivity contribution < 1.29 is 14.6 Å². The number of imidazole rings is 1. The number of aryl methyl sites for hydroxylation is 1. The van der Waals surface area contributed by atoms with Crippen molar-refractivity contribution in [2.45, 2.75) is 38.0 Å². The van der Waals surface area contributed by atoms with Gasteiger partial charge in [-0.05, 0) is 25.8 Å². The third-order valence-corrected chi connectivity index (χ3v) is 3.57. The van der Waals surface area contributed by atoms with E-state index in [1.54, 1.807) is 12.5 Å². The smallest absolute Gasteiger partial charge is 0.325 e. The Morgan fingerprint density at radius 2 is 2.37 bits per heavy atom. The summed E-state index contributed by atoms with van der Waals surface area (Å²) in [6, 6.07) is -0.512. The van der Waals surface area contributed by atoms with Gasteiger partial charge >= 0.3 is 5.97 Å². The fraction of sp³-hybridized carbons (Fsp3) is 0.692. The number of carbonyl (C=O) groups excluding carboxylic acids is 1. The second-order valence-corrected chi connectivity index (χ2v) is 4.87. The van der Waals surface area contributed by atoms with Crippen LogP contribution in [0.25, 0.3) is 0 Å². The van der Waals surface area contributed by atoms with Crippen molar-refractivity contribution in [1.29, 1.82) is 0 Å². The second kappa shape index (κ2) is 6.68. The Bertz CT molecular complexity index is 394. The topological polar surface area (TPSA) is 67.6 Å². The first-order chi connectivity index (χ1) is 9.22. The van der Waals surface area contributed by atoms with Crippen LogP contribution in [0.1, 0.15) is 19.3 Å². The zero-order chi connectivity index (χ0) is 13.7. The van der Waals surface area contributed by atoms with Gasteiger partial charge in [-0.3, -0.25) is 9.69 Å². The molecule has 0 radical (unpaired) electrons. The van der Waals surface area contributed by atoms with Gasteiger partial charge in [0.05, 0.1) is 19.5 Å². The largest absolute Gasteiger partial charge is 0.468 e. The molecule has 0 aliphatic carbocycles. The molecule has 0 bridgehead atoms. The molecule has 6 heteroatoms. The number of nitrogens with zero attached hydrogens (tertiary/aromatic N) is 3. The van der Waals surface area contributed by atoms with Crippen molar-refractivity contribution in [2.75, 3.05) is 20.2 Å². The molecule has 1 fully saturated rings. The Labute approximate surface area is 113 Å². The first kappa shape index (κ1) is 14.0. The highest BCUT2D eigenvalue weighted by Crippen LogP contribution is 2.19. The van der Waals surface area contributed by atoms with E-state index in [1.165, 1.54) is 7.11 Å². The second-order valence-electron chi connectivity index (χ2n) is 4.87. The van der Waals surface area contributed by atoms with Crippen molar-refractivity contribution in [3.05, 3.63) is 18.7 Å². The van der Waals surface area contributed by atoms with Crippen molar-refractivity contribution in [3.63, 3.8) is 0 Å². The SMILES string of the molecule is COC(=O)[C@H]1[C@H](O)CCCN1CCCn1ccnc1. The fourth-order valence-electron chi connectivity index (χ4n) is 2.60. The Morgan fingerprint density at radius 3 is 3.05 bits per heavy atom. The molecule has 1 aromatic heterocycles. The number of carbonyl (C=O) groups is 1. The Hall–Kier alpha value is -1.40. The van der Waals surface area contributed by atoms with Crippen LogP contribution in [0.3, 0.4) is 0 Å². The minimum atomic E-state index is -0.616. The average Bonchev–Trinajstić information content (AvgIpc) is 2.91. The lowest BCUT2D eigenvalue weighted by Gasteiger charge is -2.37. The van der Waals surface area contributed by atoms with Crippen LogP contribution in [0.15, 0.2) is 18.7 Å². The molecule has 0 unspecified atom stereocenters. The summed E-state index contributed by atoms with van der Waals surface area (Å²) in [6.45, 7) is 2.47. The number of likely N-dealkylation sites (tertiary alicyclic amines) is 1. The average molecular weight is 267 g/mol. The van der Waals surface area contributed by atoms with E-state index in [-0.39, 0.29) is 5.97 Å². The molecule has 1 aliphatic rings. The first-order valence-electron chi connectivity index (χ1n) is 6.68. The van der Waals surface area contributed by atoms with Gasteiger partial charge in [0.15, 0.2) is 0 Å². The summed E-state index contributed by atoms with van der Waals surface area (Å²) in [5, 5.41) is 9.97. The van der Waals surface area contributed by atoms with Crippen molar-refractivity contribution in [1.82, 2.24) is 14.5 Å². The number of piperidine rings is 1. The molecule has 2 heterocycles. The molecule has 106 valence electrons. The van der Waals surface area contributed by atoms with Crippen molar-refractivity contribution >= 4 is 5.97 Å². The normalized spacial score (nSPS) is 24.3. The number of hydrogen-bond acceptors (Lipinski definition) is 5. The van der Waals surface area contributed by atoms with Crippen LogP contribution < -0.4 is 0 Å². The van der Waals surface area contributed by atoms with E-state index in [9.17, 15) is 9.90 Å². The van der Waals surface area contributed by atoms with E-state index in [1.807, 2.05) is 15.7 Å². The lowest BCUT2D eigenvalue weighted by atomic mass is 9.98. The molecular weight excluding hydrogens is 246 g/mol. The number of rotatable bonds is 5. The highest BCUT2D eigenvalue weighted by molar-refractivity contribution is 5.76. The summed E-state index contributed by atoms with van der Waals surface area (Å²) in [4.78, 5) is 17.8. The lowest BCUT2D eigenvalue weighted by molar-refractivity contribution is -0.154. The van der Waals surface area contributed by atoms with E-state index >= 15 is 0 Å². The third-order valence-electron chi connectivity index (χ3n) is 3.57. The molecule has 0 amide bonds. The summed E-state index contributed by atoms with van der Waals surface area (Å²) < 4.78 is 6.79. The van der Waals surface area contributed by atoms with Gasteiger partial charge < -0.3 is 14.4 Å². The lowest BCUT2D eigenvalue weighted by Crippen LogP contribution is -2.53. The van der Waals surface area contributed by atoms with Crippen LogP contribution in [-0.2, 0) is 16.1 Å². The molecule has 0 aromatic carbocycles. The van der Waals surface area contributed by atoms with Gasteiger partial charge in [0.2, 0.25) is 0 Å². The summed E-state index contributed by atoms with van der Waals surface area (Å²) in [5.74, 6) is -0.338. The van der Waals surface area contributed by atoms with Crippen LogP contribution >= 0.6 is 0 Å². The maximum Gasteiger partial charge on any atom is 0.325 e. The number of hydrogen-bond donors (Lipinski definition) is 1. The number of aromatic nitrogens is 2. The maximum absolute atomic E-state index is 11.7. The number of methoxy groups -OCH3 is 1. The van der Waals surface area contributed by atoms with Crippen molar-refractivity contribution in [2.24, 2.45) is 0 Å². The Kier molecular flexibility index (Phi) is 4.93. The zero-order valence-electron chi connectivity index (χ0n) is 11.2. The predicted octanol–water partition coefficient (Wildman–Crippen LogP) is 0.271. The van der Waals surface area contributed by atoms with E-state index in [0.717, 1.165) is 32.5 Å². The van der Waals surface area contributed by atoms with Gasteiger partial charge in [0.25, 0.3) is 0 Å². The summed E-state index contributed by atoms with van der Waals surface area (Å²) in [7, 11) is 1.37. The van der Waals surface area contributed by atoms with Gasteiger partial charge in [-0.25, -0.2) is 4.98 Å². The molecule has 19 heavy (non-hydrogen) atoms. The number of ether oxygens (including phenoxy) is 1. The first-order valence-corrected chi connectivity index (χ1v) is 6.68.